The second kappa shape index (κ2) is 14.4. The zero-order valence-corrected chi connectivity index (χ0v) is 31.4. The number of para-hydroxylation sites is 2. The monoisotopic (exact) mass is 690 g/mol. The molecule has 2 heterocycles. The fourth-order valence-corrected chi connectivity index (χ4v) is 8.52. The molecule has 4 nitrogen and oxygen atoms in total. The van der Waals surface area contributed by atoms with E-state index in [0.29, 0.717) is 6.54 Å². The standard InChI is InChI=1S/C46H48N3OS/c1-6-48-39-23-13-12-22-38(39)45(2,3)41(48)28-25-34-17-14-18-35(44(34)50-36-19-8-7-9-20-36)26-29-42-46(4,5)43-37-21-11-10-16-33(37)24-27-40(43)49(42)31-15-30-47-32-51/h7-13,16,19-29H,6,14-15,17-18,30-31H2,1-5H3/q+1. The van der Waals surface area contributed by atoms with Crippen LogP contribution in [0.1, 0.15) is 71.4 Å². The first-order chi connectivity index (χ1) is 24.8. The number of isothiocyanates is 1. The van der Waals surface area contributed by atoms with Gasteiger partial charge in [0.1, 0.15) is 11.5 Å². The van der Waals surface area contributed by atoms with Gasteiger partial charge in [-0.1, -0.05) is 80.6 Å². The number of thiocarbonyl (C=S) groups is 1. The zero-order chi connectivity index (χ0) is 35.6. The molecule has 1 aliphatic carbocycles. The van der Waals surface area contributed by atoms with Crippen LogP contribution in [0.25, 0.3) is 10.8 Å². The summed E-state index contributed by atoms with van der Waals surface area (Å²) in [5.74, 6) is 1.83. The molecule has 4 aromatic carbocycles. The van der Waals surface area contributed by atoms with Gasteiger partial charge < -0.3 is 9.64 Å². The Morgan fingerprint density at radius 1 is 0.863 bits per heavy atom. The number of nitrogens with zero attached hydrogens (tertiary/aromatic N) is 3. The van der Waals surface area contributed by atoms with Gasteiger partial charge in [-0.05, 0) is 116 Å². The number of ether oxygens (including phenoxy) is 1. The maximum absolute atomic E-state index is 6.83. The Labute approximate surface area is 308 Å². The smallest absolute Gasteiger partial charge is 0.210 e. The van der Waals surface area contributed by atoms with Crippen molar-refractivity contribution in [3.05, 3.63) is 149 Å². The van der Waals surface area contributed by atoms with Gasteiger partial charge in [-0.15, -0.1) is 0 Å². The van der Waals surface area contributed by atoms with Gasteiger partial charge in [-0.2, -0.15) is 4.58 Å². The average Bonchev–Trinajstić information content (AvgIpc) is 3.50. The van der Waals surface area contributed by atoms with E-state index in [9.17, 15) is 0 Å². The van der Waals surface area contributed by atoms with Gasteiger partial charge in [0.2, 0.25) is 5.69 Å². The van der Waals surface area contributed by atoms with E-state index in [1.54, 1.807) is 0 Å². The highest BCUT2D eigenvalue weighted by atomic mass is 32.1. The molecule has 0 amide bonds. The van der Waals surface area contributed by atoms with Crippen LogP contribution in [0.5, 0.6) is 5.75 Å². The molecule has 0 N–H and O–H groups in total. The Morgan fingerprint density at radius 2 is 1.63 bits per heavy atom. The minimum Gasteiger partial charge on any atom is -0.457 e. The Balaban J connectivity index is 1.33. The van der Waals surface area contributed by atoms with Gasteiger partial charge in [0.05, 0.1) is 17.1 Å². The SMILES string of the molecule is CCN1/C(=C/C=C2\CCCC(/C=C/C3=[N+](CCCN=C=S)c4ccc5ccccc5c4C3(C)C)=C2Oc2ccccc2)C(C)(C)c2ccccc21. The molecule has 0 spiro atoms. The lowest BCUT2D eigenvalue weighted by molar-refractivity contribution is -0.437. The van der Waals surface area contributed by atoms with Gasteiger partial charge in [0.25, 0.3) is 0 Å². The zero-order valence-electron chi connectivity index (χ0n) is 30.6. The van der Waals surface area contributed by atoms with Crippen LogP contribution in [0.4, 0.5) is 11.4 Å². The van der Waals surface area contributed by atoms with Gasteiger partial charge in [-0.3, -0.25) is 0 Å². The van der Waals surface area contributed by atoms with Crippen LogP contribution in [-0.4, -0.2) is 35.1 Å². The minimum atomic E-state index is -0.203. The van der Waals surface area contributed by atoms with Crippen LogP contribution in [-0.2, 0) is 10.8 Å². The molecule has 5 heteroatoms. The summed E-state index contributed by atoms with van der Waals surface area (Å²) in [7, 11) is 0. The number of aliphatic imine (C=N–C) groups is 1. The van der Waals surface area contributed by atoms with E-state index in [-0.39, 0.29) is 10.8 Å². The predicted octanol–water partition coefficient (Wildman–Crippen LogP) is 11.4. The topological polar surface area (TPSA) is 27.8 Å². The highest BCUT2D eigenvalue weighted by Crippen LogP contribution is 2.48. The van der Waals surface area contributed by atoms with Gasteiger partial charge in [0.15, 0.2) is 12.3 Å². The number of allylic oxidation sites excluding steroid dienone is 7. The van der Waals surface area contributed by atoms with E-state index >= 15 is 0 Å². The van der Waals surface area contributed by atoms with Gasteiger partial charge >= 0.3 is 0 Å². The second-order valence-corrected chi connectivity index (χ2v) is 14.9. The van der Waals surface area contributed by atoms with E-state index in [0.717, 1.165) is 50.3 Å². The number of benzene rings is 4. The Hall–Kier alpha value is -4.83. The summed E-state index contributed by atoms with van der Waals surface area (Å²) in [5, 5.41) is 5.12. The highest BCUT2D eigenvalue weighted by molar-refractivity contribution is 7.78. The molecule has 0 saturated heterocycles. The lowest BCUT2D eigenvalue weighted by Crippen LogP contribution is -2.28. The van der Waals surface area contributed by atoms with E-state index < -0.39 is 0 Å². The molecule has 0 unspecified atom stereocenters. The molecular formula is C46H48N3OS+. The van der Waals surface area contributed by atoms with Crippen LogP contribution in [0.15, 0.2) is 143 Å². The first-order valence-electron chi connectivity index (χ1n) is 18.4. The summed E-state index contributed by atoms with van der Waals surface area (Å²) in [5.41, 5.74) is 10.1. The maximum Gasteiger partial charge on any atom is 0.210 e. The molecule has 0 fully saturated rings. The van der Waals surface area contributed by atoms with Crippen LogP contribution < -0.4 is 9.64 Å². The average molecular weight is 691 g/mol. The second-order valence-electron chi connectivity index (χ2n) is 14.8. The van der Waals surface area contributed by atoms with Crippen molar-refractivity contribution in [1.82, 2.24) is 0 Å². The third-order valence-electron chi connectivity index (χ3n) is 10.9. The number of fused-ring (bicyclic) bond motifs is 4. The Bertz CT molecular complexity index is 2180. The van der Waals surface area contributed by atoms with Crippen molar-refractivity contribution in [3.63, 3.8) is 0 Å². The number of hydrogen-bond donors (Lipinski definition) is 0. The maximum atomic E-state index is 6.83. The van der Waals surface area contributed by atoms with Crippen LogP contribution in [0.3, 0.4) is 0 Å². The molecule has 2 aliphatic heterocycles. The Morgan fingerprint density at radius 3 is 2.43 bits per heavy atom. The fraction of sp³-hybridized carbons (Fsp3) is 0.304. The normalized spacial score (nSPS) is 19.3. The highest BCUT2D eigenvalue weighted by Gasteiger charge is 2.45. The van der Waals surface area contributed by atoms with E-state index in [2.05, 4.69) is 151 Å². The van der Waals surface area contributed by atoms with Gasteiger partial charge in [-0.25, -0.2) is 4.99 Å². The third kappa shape index (κ3) is 6.46. The molecule has 51 heavy (non-hydrogen) atoms. The molecular weight excluding hydrogens is 643 g/mol. The predicted molar refractivity (Wildman–Crippen MR) is 217 cm³/mol. The minimum absolute atomic E-state index is 0.0901. The van der Waals surface area contributed by atoms with Crippen molar-refractivity contribution in [2.75, 3.05) is 24.5 Å². The van der Waals surface area contributed by atoms with Crippen molar-refractivity contribution < 1.29 is 9.31 Å². The van der Waals surface area contributed by atoms with Crippen molar-refractivity contribution in [1.29, 1.82) is 0 Å². The molecule has 3 aliphatic rings. The number of anilines is 1. The summed E-state index contributed by atoms with van der Waals surface area (Å²) in [6.45, 7) is 14.1. The van der Waals surface area contributed by atoms with E-state index in [4.69, 9.17) is 17.0 Å². The van der Waals surface area contributed by atoms with Crippen molar-refractivity contribution in [2.45, 2.75) is 71.1 Å². The molecule has 4 aromatic rings. The summed E-state index contributed by atoms with van der Waals surface area (Å²) >= 11 is 4.87. The molecule has 0 atom stereocenters. The summed E-state index contributed by atoms with van der Waals surface area (Å²) in [6, 6.07) is 32.4. The van der Waals surface area contributed by atoms with Crippen molar-refractivity contribution >= 4 is 45.2 Å². The van der Waals surface area contributed by atoms with Crippen molar-refractivity contribution in [2.24, 2.45) is 4.99 Å². The molecule has 0 radical (unpaired) electrons. The summed E-state index contributed by atoms with van der Waals surface area (Å²) in [4.78, 5) is 6.69. The molecule has 0 saturated carbocycles. The van der Waals surface area contributed by atoms with Crippen LogP contribution >= 0.6 is 12.2 Å². The lowest BCUT2D eigenvalue weighted by atomic mass is 9.78. The molecule has 258 valence electrons. The van der Waals surface area contributed by atoms with E-state index in [1.165, 1.54) is 55.8 Å². The number of rotatable bonds is 10. The largest absolute Gasteiger partial charge is 0.457 e. The molecule has 0 bridgehead atoms. The first kappa shape index (κ1) is 34.6. The van der Waals surface area contributed by atoms with Crippen LogP contribution in [0, 0.1) is 0 Å². The molecule has 0 aromatic heterocycles. The first-order valence-corrected chi connectivity index (χ1v) is 18.8. The van der Waals surface area contributed by atoms with E-state index in [1.807, 2.05) is 18.2 Å². The van der Waals surface area contributed by atoms with Crippen LogP contribution in [0.2, 0.25) is 0 Å². The number of hydrogen-bond acceptors (Lipinski definition) is 4. The Kier molecular flexibility index (Phi) is 9.79. The fourth-order valence-electron chi connectivity index (χ4n) is 8.43. The quantitative estimate of drug-likeness (QED) is 0.0717. The van der Waals surface area contributed by atoms with Gasteiger partial charge in [0, 0.05) is 47.5 Å². The summed E-state index contributed by atoms with van der Waals surface area (Å²) in [6.07, 6.45) is 13.3. The van der Waals surface area contributed by atoms with Crippen molar-refractivity contribution in [3.8, 4) is 5.75 Å². The number of likely N-dealkylation sites (N-methyl/N-ethyl adjacent to an activating group) is 1. The summed E-state index contributed by atoms with van der Waals surface area (Å²) < 4.78 is 9.33. The lowest BCUT2D eigenvalue weighted by Gasteiger charge is -2.26. The third-order valence-corrected chi connectivity index (χ3v) is 11.0. The molecule has 7 rings (SSSR count).